The molecule has 0 aliphatic heterocycles. The topological polar surface area (TPSA) is 55.1 Å². The molecule has 1 aromatic rings. The van der Waals surface area contributed by atoms with Gasteiger partial charge in [0, 0.05) is 6.54 Å². The van der Waals surface area contributed by atoms with E-state index in [1.165, 1.54) is 11.1 Å². The highest BCUT2D eigenvalue weighted by atomic mass is 16.2. The van der Waals surface area contributed by atoms with Crippen LogP contribution in [0.5, 0.6) is 0 Å². The van der Waals surface area contributed by atoms with Crippen LogP contribution in [0.1, 0.15) is 58.1 Å². The van der Waals surface area contributed by atoms with E-state index in [0.717, 1.165) is 12.8 Å². The molecular weight excluding hydrogens is 260 g/mol. The first-order valence-electron chi connectivity index (χ1n) is 7.84. The smallest absolute Gasteiger partial charge is 0.237 e. The fourth-order valence-electron chi connectivity index (χ4n) is 2.08. The van der Waals surface area contributed by atoms with Crippen LogP contribution < -0.4 is 11.1 Å². The molecule has 0 unspecified atom stereocenters. The van der Waals surface area contributed by atoms with Crippen molar-refractivity contribution in [1.29, 1.82) is 0 Å². The second kappa shape index (κ2) is 7.60. The highest BCUT2D eigenvalue weighted by Gasteiger charge is 2.26. The van der Waals surface area contributed by atoms with Gasteiger partial charge in [-0.15, -0.1) is 0 Å². The Balaban J connectivity index is 2.33. The van der Waals surface area contributed by atoms with E-state index in [4.69, 9.17) is 5.73 Å². The number of carbonyl (C=O) groups is 1. The van der Waals surface area contributed by atoms with E-state index in [9.17, 15) is 4.79 Å². The third-order valence-corrected chi connectivity index (χ3v) is 3.80. The molecule has 0 aliphatic carbocycles. The molecule has 21 heavy (non-hydrogen) atoms. The van der Waals surface area contributed by atoms with Gasteiger partial charge in [-0.05, 0) is 35.3 Å². The summed E-state index contributed by atoms with van der Waals surface area (Å²) in [6.45, 7) is 11.0. The van der Waals surface area contributed by atoms with Crippen molar-refractivity contribution in [3.05, 3.63) is 35.4 Å². The number of carbonyl (C=O) groups excluding carboxylic acids is 1. The van der Waals surface area contributed by atoms with Crippen molar-refractivity contribution in [1.82, 2.24) is 5.32 Å². The molecule has 0 saturated heterocycles. The summed E-state index contributed by atoms with van der Waals surface area (Å²) in [6, 6.07) is 8.28. The second-order valence-electron chi connectivity index (χ2n) is 7.13. The van der Waals surface area contributed by atoms with E-state index >= 15 is 0 Å². The molecule has 0 aromatic heterocycles. The molecule has 0 aliphatic rings. The normalized spacial score (nSPS) is 13.3. The summed E-state index contributed by atoms with van der Waals surface area (Å²) < 4.78 is 0. The first kappa shape index (κ1) is 17.7. The molecule has 0 spiro atoms. The lowest BCUT2D eigenvalue weighted by Gasteiger charge is -2.25. The summed E-state index contributed by atoms with van der Waals surface area (Å²) >= 11 is 0. The van der Waals surface area contributed by atoms with Crippen molar-refractivity contribution in [2.24, 2.45) is 11.1 Å². The quantitative estimate of drug-likeness (QED) is 0.790. The van der Waals surface area contributed by atoms with Gasteiger partial charge < -0.3 is 11.1 Å². The van der Waals surface area contributed by atoms with Gasteiger partial charge in [-0.2, -0.15) is 0 Å². The van der Waals surface area contributed by atoms with Crippen LogP contribution in [0.2, 0.25) is 0 Å². The first-order chi connectivity index (χ1) is 9.71. The number of hydrogen-bond acceptors (Lipinski definition) is 2. The Kier molecular flexibility index (Phi) is 6.41. The van der Waals surface area contributed by atoms with Crippen LogP contribution in [0, 0.1) is 5.41 Å². The Morgan fingerprint density at radius 2 is 1.76 bits per heavy atom. The fraction of sp³-hybridized carbons (Fsp3) is 0.611. The number of amides is 1. The monoisotopic (exact) mass is 290 g/mol. The van der Waals surface area contributed by atoms with E-state index in [1.807, 2.05) is 20.8 Å². The molecular formula is C18H30N2O. The molecule has 3 heteroatoms. The molecule has 1 aromatic carbocycles. The van der Waals surface area contributed by atoms with Crippen molar-refractivity contribution in [2.45, 2.75) is 59.4 Å². The highest BCUT2D eigenvalue weighted by Crippen LogP contribution is 2.17. The van der Waals surface area contributed by atoms with Crippen LogP contribution in [0.4, 0.5) is 0 Å². The molecule has 1 rings (SSSR count). The lowest BCUT2D eigenvalue weighted by Crippen LogP contribution is -2.48. The average molecular weight is 290 g/mol. The van der Waals surface area contributed by atoms with E-state index < -0.39 is 6.04 Å². The van der Waals surface area contributed by atoms with E-state index in [0.29, 0.717) is 12.5 Å². The Morgan fingerprint density at radius 1 is 1.19 bits per heavy atom. The number of aryl methyl sites for hydroxylation is 1. The lowest BCUT2D eigenvalue weighted by atomic mass is 9.87. The zero-order valence-corrected chi connectivity index (χ0v) is 14.1. The Bertz CT molecular complexity index is 443. The summed E-state index contributed by atoms with van der Waals surface area (Å²) in [4.78, 5) is 11.9. The Labute approximate surface area is 129 Å². The standard InChI is InChI=1S/C18H30N2O/c1-13(2)15-10-8-14(9-11-15)7-6-12-20-17(21)16(19)18(3,4)5/h8-11,13,16H,6-7,12,19H2,1-5H3,(H,20,21)/t16-/m1/s1. The van der Waals surface area contributed by atoms with Crippen molar-refractivity contribution in [3.63, 3.8) is 0 Å². The minimum Gasteiger partial charge on any atom is -0.355 e. The summed E-state index contributed by atoms with van der Waals surface area (Å²) in [5.74, 6) is 0.509. The summed E-state index contributed by atoms with van der Waals surface area (Å²) in [7, 11) is 0. The van der Waals surface area contributed by atoms with Gasteiger partial charge in [-0.25, -0.2) is 0 Å². The lowest BCUT2D eigenvalue weighted by molar-refractivity contribution is -0.124. The van der Waals surface area contributed by atoms with Crippen molar-refractivity contribution >= 4 is 5.91 Å². The maximum Gasteiger partial charge on any atom is 0.237 e. The van der Waals surface area contributed by atoms with Gasteiger partial charge in [0.05, 0.1) is 6.04 Å². The fourth-order valence-corrected chi connectivity index (χ4v) is 2.08. The van der Waals surface area contributed by atoms with Crippen LogP contribution in [0.15, 0.2) is 24.3 Å². The predicted molar refractivity (Wildman–Crippen MR) is 89.3 cm³/mol. The molecule has 3 N–H and O–H groups in total. The van der Waals surface area contributed by atoms with Crippen molar-refractivity contribution in [3.8, 4) is 0 Å². The molecule has 3 nitrogen and oxygen atoms in total. The minimum absolute atomic E-state index is 0.0577. The molecule has 0 saturated carbocycles. The number of benzene rings is 1. The van der Waals surface area contributed by atoms with Crippen LogP contribution >= 0.6 is 0 Å². The molecule has 0 fully saturated rings. The van der Waals surface area contributed by atoms with Crippen molar-refractivity contribution < 1.29 is 4.79 Å². The van der Waals surface area contributed by atoms with E-state index in [1.54, 1.807) is 0 Å². The molecule has 0 heterocycles. The number of rotatable bonds is 6. The molecule has 0 radical (unpaired) electrons. The van der Waals surface area contributed by atoms with E-state index in [2.05, 4.69) is 43.4 Å². The van der Waals surface area contributed by atoms with Crippen LogP contribution in [0.25, 0.3) is 0 Å². The second-order valence-corrected chi connectivity index (χ2v) is 7.13. The van der Waals surface area contributed by atoms with Crippen LogP contribution in [0.3, 0.4) is 0 Å². The molecule has 118 valence electrons. The van der Waals surface area contributed by atoms with Crippen LogP contribution in [-0.4, -0.2) is 18.5 Å². The number of nitrogens with two attached hydrogens (primary N) is 1. The van der Waals surface area contributed by atoms with Gasteiger partial charge in [-0.3, -0.25) is 4.79 Å². The van der Waals surface area contributed by atoms with E-state index in [-0.39, 0.29) is 11.3 Å². The third-order valence-electron chi connectivity index (χ3n) is 3.80. The van der Waals surface area contributed by atoms with Gasteiger partial charge in [-0.1, -0.05) is 58.9 Å². The van der Waals surface area contributed by atoms with Crippen molar-refractivity contribution in [2.75, 3.05) is 6.54 Å². The molecule has 1 amide bonds. The predicted octanol–water partition coefficient (Wildman–Crippen LogP) is 3.23. The minimum atomic E-state index is -0.456. The zero-order chi connectivity index (χ0) is 16.0. The SMILES string of the molecule is CC(C)c1ccc(CCCNC(=O)[C@@H](N)C(C)(C)C)cc1. The van der Waals surface area contributed by atoms with Gasteiger partial charge in [0.15, 0.2) is 0 Å². The van der Waals surface area contributed by atoms with Gasteiger partial charge in [0.1, 0.15) is 0 Å². The zero-order valence-electron chi connectivity index (χ0n) is 14.1. The summed E-state index contributed by atoms with van der Waals surface area (Å²) in [6.07, 6.45) is 1.91. The third kappa shape index (κ3) is 5.88. The number of hydrogen-bond donors (Lipinski definition) is 2. The van der Waals surface area contributed by atoms with Gasteiger partial charge >= 0.3 is 0 Å². The van der Waals surface area contributed by atoms with Gasteiger partial charge in [0.2, 0.25) is 5.91 Å². The highest BCUT2D eigenvalue weighted by molar-refractivity contribution is 5.82. The Morgan fingerprint density at radius 3 is 2.24 bits per heavy atom. The largest absolute Gasteiger partial charge is 0.355 e. The summed E-state index contributed by atoms with van der Waals surface area (Å²) in [5, 5.41) is 2.92. The molecule has 0 bridgehead atoms. The Hall–Kier alpha value is -1.35. The molecule has 1 atom stereocenters. The van der Waals surface area contributed by atoms with Crippen LogP contribution in [-0.2, 0) is 11.2 Å². The van der Waals surface area contributed by atoms with Gasteiger partial charge in [0.25, 0.3) is 0 Å². The maximum atomic E-state index is 11.9. The number of nitrogens with one attached hydrogen (secondary N) is 1. The maximum absolute atomic E-state index is 11.9. The average Bonchev–Trinajstić information content (AvgIpc) is 2.42. The first-order valence-corrected chi connectivity index (χ1v) is 7.84. The summed E-state index contributed by atoms with van der Waals surface area (Å²) in [5.41, 5.74) is 8.40.